The number of hydrogen-bond acceptors (Lipinski definition) is 0. The van der Waals surface area contributed by atoms with Gasteiger partial charge >= 0.3 is 0 Å². The monoisotopic (exact) mass is 400 g/mol. The Bertz CT molecular complexity index is 567. The first-order valence-electron chi connectivity index (χ1n) is 5.74. The maximum Gasteiger partial charge on any atom is 0 e. The summed E-state index contributed by atoms with van der Waals surface area (Å²) in [5.74, 6) is 0. The number of benzene rings is 2. The molecule has 0 unspecified atom stereocenters. The van der Waals surface area contributed by atoms with Crippen molar-refractivity contribution < 1.29 is 20.1 Å². The molecule has 0 saturated carbocycles. The maximum absolute atomic E-state index is 3.32. The zero-order valence-corrected chi connectivity index (χ0v) is 12.7. The summed E-state index contributed by atoms with van der Waals surface area (Å²) in [5, 5.41) is 0. The molecule has 0 spiro atoms. The summed E-state index contributed by atoms with van der Waals surface area (Å²) in [6.45, 7) is 6.77. The van der Waals surface area contributed by atoms with Gasteiger partial charge in [0.15, 0.2) is 0 Å². The smallest absolute Gasteiger partial charge is 0 e. The number of aryl methyl sites for hydroxylation is 1. The number of hydrogen-bond donors (Lipinski definition) is 0. The molecule has 0 nitrogen and oxygen atoms in total. The molecule has 1 aliphatic carbocycles. The number of rotatable bonds is 0. The summed E-state index contributed by atoms with van der Waals surface area (Å²) in [6, 6.07) is 16.3. The van der Waals surface area contributed by atoms with Crippen molar-refractivity contribution in [1.82, 2.24) is 0 Å². The summed E-state index contributed by atoms with van der Waals surface area (Å²) in [4.78, 5) is 0. The van der Waals surface area contributed by atoms with Gasteiger partial charge in [-0.25, -0.2) is 0 Å². The summed E-state index contributed by atoms with van der Waals surface area (Å²) in [6.07, 6.45) is 0. The van der Waals surface area contributed by atoms with Crippen molar-refractivity contribution in [1.29, 1.82) is 0 Å². The topological polar surface area (TPSA) is 0 Å². The average molecular weight is 400 g/mol. The fourth-order valence-corrected chi connectivity index (χ4v) is 3.04. The molecule has 0 aliphatic heterocycles. The number of fused-ring (bicyclic) bond motifs is 3. The molecule has 0 N–H and O–H groups in total. The molecule has 0 fully saturated rings. The third kappa shape index (κ3) is 1.61. The minimum absolute atomic E-state index is 0. The summed E-state index contributed by atoms with van der Waals surface area (Å²) in [5.41, 5.74) is 7.05. The van der Waals surface area contributed by atoms with Gasteiger partial charge in [-0.15, -0.1) is 11.1 Å². The van der Waals surface area contributed by atoms with Crippen molar-refractivity contribution in [3.63, 3.8) is 0 Å². The molecule has 1 radical (unpaired) electrons. The first-order chi connectivity index (χ1) is 7.62. The van der Waals surface area contributed by atoms with Crippen molar-refractivity contribution in [2.45, 2.75) is 26.2 Å². The summed E-state index contributed by atoms with van der Waals surface area (Å²) < 4.78 is 0. The Hall–Kier alpha value is -0.911. The molecule has 0 heterocycles. The van der Waals surface area contributed by atoms with Crippen LogP contribution >= 0.6 is 0 Å². The molecule has 3 rings (SSSR count). The standard InChI is InChI=1S/C16H15.Ir/c1-11-7-6-9-13-12-8-4-5-10-14(12)16(2,3)15(11)13;/h4-6,8-10H,1-3H3;/q-1;. The van der Waals surface area contributed by atoms with Crippen LogP contribution in [-0.4, -0.2) is 0 Å². The van der Waals surface area contributed by atoms with Crippen LogP contribution in [0.4, 0.5) is 0 Å². The molecule has 0 aromatic heterocycles. The zero-order chi connectivity index (χ0) is 11.3. The normalized spacial score (nSPS) is 14.8. The molecule has 1 heteroatoms. The molecular weight excluding hydrogens is 384 g/mol. The van der Waals surface area contributed by atoms with E-state index in [1.54, 1.807) is 0 Å². The fraction of sp³-hybridized carbons (Fsp3) is 0.250. The van der Waals surface area contributed by atoms with Crippen LogP contribution in [-0.2, 0) is 25.5 Å². The van der Waals surface area contributed by atoms with Crippen LogP contribution in [0.1, 0.15) is 30.5 Å². The Morgan fingerprint density at radius 3 is 2.47 bits per heavy atom. The SMILES string of the molecule is Cc1[c-]ccc2c1C(C)(C)c1ccccc1-2.[Ir]. The van der Waals surface area contributed by atoms with Gasteiger partial charge < -0.3 is 0 Å². The second kappa shape index (κ2) is 4.08. The summed E-state index contributed by atoms with van der Waals surface area (Å²) >= 11 is 0. The van der Waals surface area contributed by atoms with E-state index in [1.807, 2.05) is 6.07 Å². The van der Waals surface area contributed by atoms with Gasteiger partial charge in [0.25, 0.3) is 0 Å². The molecule has 1 aliphatic rings. The van der Waals surface area contributed by atoms with E-state index < -0.39 is 0 Å². The quantitative estimate of drug-likeness (QED) is 0.585. The van der Waals surface area contributed by atoms with Gasteiger partial charge in [0, 0.05) is 20.1 Å². The molecule has 0 saturated heterocycles. The summed E-state index contributed by atoms with van der Waals surface area (Å²) in [7, 11) is 0. The Balaban J connectivity index is 0.00000108. The van der Waals surface area contributed by atoms with E-state index in [-0.39, 0.29) is 25.5 Å². The minimum atomic E-state index is 0. The molecule has 2 aromatic rings. The fourth-order valence-electron chi connectivity index (χ4n) is 3.04. The Labute approximate surface area is 116 Å². The van der Waals surface area contributed by atoms with Gasteiger partial charge in [0.1, 0.15) is 0 Å². The van der Waals surface area contributed by atoms with Gasteiger partial charge in [0.2, 0.25) is 0 Å². The van der Waals surface area contributed by atoms with Crippen LogP contribution in [0.15, 0.2) is 36.4 Å². The Morgan fingerprint density at radius 2 is 1.71 bits per heavy atom. The first kappa shape index (κ1) is 12.5. The first-order valence-corrected chi connectivity index (χ1v) is 5.74. The Kier molecular flexibility index (Phi) is 3.01. The van der Waals surface area contributed by atoms with Crippen LogP contribution in [0.5, 0.6) is 0 Å². The Morgan fingerprint density at radius 1 is 1.00 bits per heavy atom. The predicted octanol–water partition coefficient (Wildman–Crippen LogP) is 4.10. The van der Waals surface area contributed by atoms with E-state index in [0.29, 0.717) is 0 Å². The molecule has 89 valence electrons. The van der Waals surface area contributed by atoms with E-state index >= 15 is 0 Å². The second-order valence-electron chi connectivity index (χ2n) is 5.06. The zero-order valence-electron chi connectivity index (χ0n) is 10.3. The largest absolute Gasteiger partial charge is 0.180 e. The van der Waals surface area contributed by atoms with Crippen LogP contribution < -0.4 is 0 Å². The van der Waals surface area contributed by atoms with Crippen LogP contribution in [0.2, 0.25) is 0 Å². The van der Waals surface area contributed by atoms with Crippen molar-refractivity contribution in [3.8, 4) is 11.1 Å². The van der Waals surface area contributed by atoms with Gasteiger partial charge in [-0.2, -0.15) is 23.8 Å². The second-order valence-corrected chi connectivity index (χ2v) is 5.06. The van der Waals surface area contributed by atoms with Gasteiger partial charge in [0.05, 0.1) is 0 Å². The maximum atomic E-state index is 3.32. The third-order valence-electron chi connectivity index (χ3n) is 3.71. The van der Waals surface area contributed by atoms with Crippen molar-refractivity contribution in [3.05, 3.63) is 59.2 Å². The van der Waals surface area contributed by atoms with Gasteiger partial charge in [-0.3, -0.25) is 0 Å². The van der Waals surface area contributed by atoms with E-state index in [2.05, 4.69) is 57.2 Å². The van der Waals surface area contributed by atoms with Crippen LogP contribution in [0.3, 0.4) is 0 Å². The predicted molar refractivity (Wildman–Crippen MR) is 67.6 cm³/mol. The van der Waals surface area contributed by atoms with Gasteiger partial charge in [-0.1, -0.05) is 45.0 Å². The molecule has 0 atom stereocenters. The van der Waals surface area contributed by atoms with Crippen molar-refractivity contribution >= 4 is 0 Å². The van der Waals surface area contributed by atoms with Crippen LogP contribution in [0.25, 0.3) is 11.1 Å². The van der Waals surface area contributed by atoms with E-state index in [1.165, 1.54) is 27.8 Å². The molecule has 0 bridgehead atoms. The van der Waals surface area contributed by atoms with Crippen molar-refractivity contribution in [2.24, 2.45) is 0 Å². The van der Waals surface area contributed by atoms with Crippen LogP contribution in [0, 0.1) is 13.0 Å². The van der Waals surface area contributed by atoms with E-state index in [4.69, 9.17) is 0 Å². The van der Waals surface area contributed by atoms with E-state index in [9.17, 15) is 0 Å². The molecular formula is C16H15Ir-. The molecule has 0 amide bonds. The van der Waals surface area contributed by atoms with Gasteiger partial charge in [-0.05, 0) is 16.5 Å². The average Bonchev–Trinajstić information content (AvgIpc) is 2.50. The van der Waals surface area contributed by atoms with Crippen molar-refractivity contribution in [2.75, 3.05) is 0 Å². The van der Waals surface area contributed by atoms with E-state index in [0.717, 1.165) is 0 Å². The molecule has 2 aromatic carbocycles. The minimum Gasteiger partial charge on any atom is -0.180 e. The third-order valence-corrected chi connectivity index (χ3v) is 3.71. The molecule has 17 heavy (non-hydrogen) atoms.